The average Bonchev–Trinajstić information content (AvgIpc) is 1.54. The highest BCUT2D eigenvalue weighted by atomic mass is 19.2. The second kappa shape index (κ2) is 25.4. The van der Waals surface area contributed by atoms with Crippen LogP contribution >= 0.6 is 0 Å². The number of aryl methyl sites for hydroxylation is 5. The van der Waals surface area contributed by atoms with Gasteiger partial charge in [0.1, 0.15) is 29.1 Å². The van der Waals surface area contributed by atoms with E-state index in [1.165, 1.54) is 102 Å². The van der Waals surface area contributed by atoms with Gasteiger partial charge in [-0.1, -0.05) is 152 Å². The predicted octanol–water partition coefficient (Wildman–Crippen LogP) is 22.6. The van der Waals surface area contributed by atoms with Gasteiger partial charge in [0.05, 0.1) is 17.6 Å². The number of likely N-dealkylation sites (N-methyl/N-ethyl adjacent to an activating group) is 1. The van der Waals surface area contributed by atoms with Crippen LogP contribution in [-0.4, -0.2) is 25.1 Å². The van der Waals surface area contributed by atoms with Crippen LogP contribution < -0.4 is 10.2 Å². The summed E-state index contributed by atoms with van der Waals surface area (Å²) in [6.45, 7) is 34.3. The topological polar surface area (TPSA) is 28.2 Å². The molecule has 7 fully saturated rings. The monoisotopic (exact) mass is 1390 g/mol. The number of nitrogens with one attached hydrogen (secondary N) is 1. The van der Waals surface area contributed by atoms with Gasteiger partial charge in [-0.3, -0.25) is 4.98 Å². The number of para-hydroxylation sites is 1. The molecule has 102 heavy (non-hydrogen) atoms. The van der Waals surface area contributed by atoms with E-state index in [2.05, 4.69) is 150 Å². The fraction of sp³-hybridized carbons (Fsp3) is 0.554. The third-order valence-corrected chi connectivity index (χ3v) is 32.8. The van der Waals surface area contributed by atoms with Gasteiger partial charge in [-0.05, 0) is 288 Å². The van der Waals surface area contributed by atoms with E-state index in [0.29, 0.717) is 50.7 Å². The summed E-state index contributed by atoms with van der Waals surface area (Å²) in [6, 6.07) is 35.0. The second-order valence-electron chi connectivity index (χ2n) is 35.2. The molecule has 10 heteroatoms. The maximum absolute atomic E-state index is 13.6. The van der Waals surface area contributed by atoms with E-state index in [-0.39, 0.29) is 39.9 Å². The molecular formula is C92H110F7N3. The van der Waals surface area contributed by atoms with Crippen molar-refractivity contribution in [2.24, 2.45) is 82.9 Å². The number of benzene rings is 6. The van der Waals surface area contributed by atoms with Crippen molar-refractivity contribution >= 4 is 11.4 Å². The van der Waals surface area contributed by atoms with Gasteiger partial charge in [0.15, 0.2) is 11.6 Å². The number of hydrogen-bond acceptors (Lipinski definition) is 3. The molecule has 14 unspecified atom stereocenters. The standard InChI is InChI=1S/C14H17F.C14H18.C13H14F2.2C13H16FN.C13H15F.C12H14FN/c1-9-10(2)14(9)7-3-4-11-8-12(15)5-6-13(11)14;1-10-11(2)14(10)9-5-7-12-6-3-4-8-13(12)14;1-7-8(2)13(7)4-3-9-5-11(14)12(15)6-10(9)13;1-8-9(2)13(8)7-15(3)12-6-10(14)4-5-11(12)13;1-8-9(2)13(8)6-7-15-12-10(13)4-3-5-11(12)14;1-8-9(2)13(8)6-5-10-7-11(14)3-4-12(10)13;1-7-8(2)12(7)4-3-9-5-10(13)6-14-11(9)12/h5-6,8-10H,3-4,7H2,1-2H3;3-4,6,8,10-11H,5,7,9H2,1-2H3;5-8H,3-4H2,1-2H3;4-6,8-9H,7H2,1-3H3;3-5,8-9,15H,6-7H2,1-2H3;3-4,7-9H,5-6H2,1-2H3;5-8H,3-4H2,1-2H3. The van der Waals surface area contributed by atoms with Gasteiger partial charge in [-0.15, -0.1) is 0 Å². The molecule has 14 atom stereocenters. The molecule has 7 spiro atoms. The Labute approximate surface area is 604 Å². The van der Waals surface area contributed by atoms with E-state index in [1.54, 1.807) is 59.7 Å². The van der Waals surface area contributed by atoms with Crippen LogP contribution in [0.4, 0.5) is 42.1 Å². The summed E-state index contributed by atoms with van der Waals surface area (Å²) in [7, 11) is 2.06. The van der Waals surface area contributed by atoms with Crippen LogP contribution in [-0.2, 0) is 70.0 Å². The first-order valence-electron chi connectivity index (χ1n) is 39.4. The minimum Gasteiger partial charge on any atom is -0.382 e. The van der Waals surface area contributed by atoms with E-state index in [1.807, 2.05) is 24.3 Å². The Morgan fingerprint density at radius 1 is 0.333 bits per heavy atom. The molecular weight excluding hydrogens is 1280 g/mol. The van der Waals surface area contributed by atoms with E-state index >= 15 is 0 Å². The number of fused-ring (bicyclic) bond motifs is 14. The van der Waals surface area contributed by atoms with E-state index in [9.17, 15) is 30.7 Å². The van der Waals surface area contributed by atoms with E-state index < -0.39 is 11.6 Å². The van der Waals surface area contributed by atoms with Crippen LogP contribution in [0.5, 0.6) is 0 Å². The zero-order valence-corrected chi connectivity index (χ0v) is 63.3. The molecule has 2 aliphatic heterocycles. The van der Waals surface area contributed by atoms with Gasteiger partial charge in [-0.2, -0.15) is 0 Å². The van der Waals surface area contributed by atoms with E-state index in [4.69, 9.17) is 0 Å². The van der Waals surface area contributed by atoms with Crippen LogP contribution in [0.1, 0.15) is 215 Å². The summed E-state index contributed by atoms with van der Waals surface area (Å²) < 4.78 is 92.3. The molecule has 21 rings (SSSR count). The Kier molecular flexibility index (Phi) is 17.7. The molecule has 14 aliphatic rings. The smallest absolute Gasteiger partial charge is 0.159 e. The van der Waals surface area contributed by atoms with Crippen LogP contribution in [0.2, 0.25) is 0 Å². The lowest BCUT2D eigenvalue weighted by Crippen LogP contribution is -2.25. The molecule has 0 amide bonds. The zero-order chi connectivity index (χ0) is 72.4. The van der Waals surface area contributed by atoms with Gasteiger partial charge < -0.3 is 10.2 Å². The van der Waals surface area contributed by atoms with Crippen molar-refractivity contribution in [1.29, 1.82) is 0 Å². The van der Waals surface area contributed by atoms with Gasteiger partial charge in [0, 0.05) is 63.7 Å². The first-order valence-corrected chi connectivity index (χ1v) is 39.4. The third-order valence-electron chi connectivity index (χ3n) is 32.8. The van der Waals surface area contributed by atoms with Crippen molar-refractivity contribution in [2.75, 3.05) is 30.4 Å². The Bertz CT molecular complexity index is 4260. The number of halogens is 7. The van der Waals surface area contributed by atoms with Crippen molar-refractivity contribution < 1.29 is 30.7 Å². The molecule has 0 radical (unpaired) electrons. The Morgan fingerprint density at radius 3 is 1.27 bits per heavy atom. The summed E-state index contributed by atoms with van der Waals surface area (Å²) >= 11 is 0. The van der Waals surface area contributed by atoms with Crippen LogP contribution in [0.15, 0.2) is 121 Å². The lowest BCUT2D eigenvalue weighted by atomic mass is 9.78. The molecule has 3 heterocycles. The maximum Gasteiger partial charge on any atom is 0.159 e. The Hall–Kier alpha value is -6.42. The fourth-order valence-electron chi connectivity index (χ4n) is 24.6. The molecule has 3 nitrogen and oxygen atoms in total. The highest BCUT2D eigenvalue weighted by molar-refractivity contribution is 5.66. The molecule has 0 bridgehead atoms. The number of pyridine rings is 1. The van der Waals surface area contributed by atoms with Gasteiger partial charge in [0.2, 0.25) is 0 Å². The van der Waals surface area contributed by atoms with Crippen molar-refractivity contribution in [1.82, 2.24) is 4.98 Å². The van der Waals surface area contributed by atoms with E-state index in [0.717, 1.165) is 139 Å². The van der Waals surface area contributed by atoms with Crippen LogP contribution in [0.3, 0.4) is 0 Å². The number of nitrogens with zero attached hydrogens (tertiary/aromatic N) is 2. The summed E-state index contributed by atoms with van der Waals surface area (Å²) in [6.07, 6.45) is 16.7. The van der Waals surface area contributed by atoms with Gasteiger partial charge in [0.25, 0.3) is 0 Å². The first kappa shape index (κ1) is 71.2. The molecule has 1 aromatic heterocycles. The van der Waals surface area contributed by atoms with Crippen molar-refractivity contribution in [3.63, 3.8) is 0 Å². The summed E-state index contributed by atoms with van der Waals surface area (Å²) in [5.74, 6) is 8.49. The lowest BCUT2D eigenvalue weighted by molar-refractivity contribution is 0.487. The summed E-state index contributed by atoms with van der Waals surface area (Å²) in [5, 5.41) is 3.19. The van der Waals surface area contributed by atoms with Crippen LogP contribution in [0, 0.1) is 124 Å². The second-order valence-corrected chi connectivity index (χ2v) is 35.2. The highest BCUT2D eigenvalue weighted by Gasteiger charge is 2.67. The third kappa shape index (κ3) is 10.6. The molecule has 1 N–H and O–H groups in total. The molecule has 7 saturated carbocycles. The number of rotatable bonds is 0. The first-order chi connectivity index (χ1) is 48.6. The minimum atomic E-state index is -0.702. The summed E-state index contributed by atoms with van der Waals surface area (Å²) in [5.41, 5.74) is 19.9. The van der Waals surface area contributed by atoms with Gasteiger partial charge in [-0.25, -0.2) is 30.7 Å². The predicted molar refractivity (Wildman–Crippen MR) is 400 cm³/mol. The fourth-order valence-corrected chi connectivity index (χ4v) is 24.6. The number of aromatic nitrogens is 1. The van der Waals surface area contributed by atoms with Crippen molar-refractivity contribution in [3.05, 3.63) is 229 Å². The Morgan fingerprint density at radius 2 is 0.735 bits per heavy atom. The molecule has 12 aliphatic carbocycles. The number of anilines is 2. The zero-order valence-electron chi connectivity index (χ0n) is 63.3. The Balaban J connectivity index is 0.0000000962. The van der Waals surface area contributed by atoms with Crippen LogP contribution in [0.25, 0.3) is 0 Å². The molecule has 0 saturated heterocycles. The van der Waals surface area contributed by atoms with Gasteiger partial charge >= 0.3 is 0 Å². The number of hydrogen-bond donors (Lipinski definition) is 1. The maximum atomic E-state index is 13.6. The minimum absolute atomic E-state index is 0.0771. The average molecular weight is 1390 g/mol. The summed E-state index contributed by atoms with van der Waals surface area (Å²) in [4.78, 5) is 6.49. The normalized spacial score (nSPS) is 38.0. The SMILES string of the molecule is CC1C(C)C12CCCc1cc(F)ccc12.CC1C(C)C12CCCc1ccccc12.CC1C(C)C12CCNc1c(F)cccc12.CC1C(C)C12CCc1cc(F)c(F)cc12.CC1C(C)C12CCc1cc(F)ccc12.CC1C(C)C12CCc1cc(F)cnc12.CC1C(C)C12CN(C)c1cc(F)ccc12. The molecule has 542 valence electrons. The van der Waals surface area contributed by atoms with Crippen molar-refractivity contribution in [2.45, 2.75) is 218 Å². The largest absolute Gasteiger partial charge is 0.382 e. The molecule has 7 aromatic rings. The molecule has 6 aromatic carbocycles. The quantitative estimate of drug-likeness (QED) is 0.153. The van der Waals surface area contributed by atoms with Crippen molar-refractivity contribution in [3.8, 4) is 0 Å². The highest BCUT2D eigenvalue weighted by Crippen LogP contribution is 2.70. The lowest BCUT2D eigenvalue weighted by Gasteiger charge is -2.28.